The first-order valence-electron chi connectivity index (χ1n) is 9.57. The van der Waals surface area contributed by atoms with Crippen LogP contribution in [0.15, 0.2) is 86.2 Å². The van der Waals surface area contributed by atoms with Gasteiger partial charge in [-0.25, -0.2) is 9.79 Å². The van der Waals surface area contributed by atoms with Crippen molar-refractivity contribution in [3.8, 4) is 0 Å². The number of ether oxygens (including phenoxy) is 1. The number of carbonyl (C=O) groups excluding carboxylic acids is 1. The van der Waals surface area contributed by atoms with Crippen molar-refractivity contribution in [1.82, 2.24) is 4.57 Å². The van der Waals surface area contributed by atoms with Gasteiger partial charge < -0.3 is 4.74 Å². The molecule has 5 nitrogen and oxygen atoms in total. The molecule has 2 heterocycles. The summed E-state index contributed by atoms with van der Waals surface area (Å²) < 4.78 is 8.04. The van der Waals surface area contributed by atoms with Gasteiger partial charge in [-0.3, -0.25) is 9.36 Å². The van der Waals surface area contributed by atoms with Crippen LogP contribution in [0.1, 0.15) is 24.1 Å². The molecular weight excluding hydrogens is 476 g/mol. The number of esters is 1. The van der Waals surface area contributed by atoms with Crippen molar-refractivity contribution >= 4 is 45.4 Å². The number of allylic oxidation sites excluding steroid dienone is 2. The zero-order valence-electron chi connectivity index (χ0n) is 16.9. The molecule has 3 aromatic rings. The minimum atomic E-state index is -0.603. The first-order valence-corrected chi connectivity index (χ1v) is 11.2. The van der Waals surface area contributed by atoms with Crippen LogP contribution in [0, 0.1) is 0 Å². The summed E-state index contributed by atoms with van der Waals surface area (Å²) in [5.74, 6) is -0.495. The third-order valence-electron chi connectivity index (χ3n) is 4.89. The molecule has 0 radical (unpaired) electrons. The third-order valence-corrected chi connectivity index (χ3v) is 6.36. The van der Waals surface area contributed by atoms with Crippen LogP contribution in [0.3, 0.4) is 0 Å². The Morgan fingerprint density at radius 1 is 1.16 bits per heavy atom. The Balaban J connectivity index is 1.89. The molecule has 0 saturated carbocycles. The molecule has 1 atom stereocenters. The summed E-state index contributed by atoms with van der Waals surface area (Å²) in [6, 6.07) is 16.8. The molecule has 1 aliphatic heterocycles. The maximum absolute atomic E-state index is 13.3. The van der Waals surface area contributed by atoms with E-state index in [4.69, 9.17) is 4.74 Å². The van der Waals surface area contributed by atoms with Crippen molar-refractivity contribution in [2.75, 3.05) is 7.11 Å². The molecule has 0 fully saturated rings. The molecule has 156 valence electrons. The molecular formula is C24H19BrN2O3S. The van der Waals surface area contributed by atoms with E-state index in [0.717, 1.165) is 15.6 Å². The molecule has 4 rings (SSSR count). The first kappa shape index (κ1) is 21.2. The number of halogens is 1. The minimum Gasteiger partial charge on any atom is -0.466 e. The van der Waals surface area contributed by atoms with Crippen molar-refractivity contribution in [2.45, 2.75) is 13.0 Å². The highest BCUT2D eigenvalue weighted by molar-refractivity contribution is 9.10. The zero-order valence-corrected chi connectivity index (χ0v) is 19.3. The fourth-order valence-corrected chi connectivity index (χ4v) is 4.90. The monoisotopic (exact) mass is 494 g/mol. The molecule has 7 heteroatoms. The van der Waals surface area contributed by atoms with Gasteiger partial charge in [-0.2, -0.15) is 0 Å². The van der Waals surface area contributed by atoms with Crippen molar-refractivity contribution in [1.29, 1.82) is 0 Å². The Morgan fingerprint density at radius 3 is 2.61 bits per heavy atom. The number of carbonyl (C=O) groups is 1. The molecule has 0 amide bonds. The van der Waals surface area contributed by atoms with Crippen LogP contribution >= 0.6 is 27.3 Å². The normalized spacial score (nSPS) is 16.4. The predicted octanol–water partition coefficient (Wildman–Crippen LogP) is 3.84. The summed E-state index contributed by atoms with van der Waals surface area (Å²) >= 11 is 4.76. The lowest BCUT2D eigenvalue weighted by molar-refractivity contribution is -0.136. The maximum Gasteiger partial charge on any atom is 0.338 e. The van der Waals surface area contributed by atoms with Gasteiger partial charge in [0.2, 0.25) is 0 Å². The van der Waals surface area contributed by atoms with Crippen molar-refractivity contribution in [3.63, 3.8) is 0 Å². The Bertz CT molecular complexity index is 1380. The van der Waals surface area contributed by atoms with E-state index in [0.29, 0.717) is 20.6 Å². The molecule has 0 bridgehead atoms. The second kappa shape index (κ2) is 8.99. The van der Waals surface area contributed by atoms with Crippen LogP contribution in [0.5, 0.6) is 0 Å². The number of hydrogen-bond donors (Lipinski definition) is 0. The summed E-state index contributed by atoms with van der Waals surface area (Å²) in [7, 11) is 1.33. The molecule has 0 aliphatic carbocycles. The van der Waals surface area contributed by atoms with Crippen LogP contribution in [0.25, 0.3) is 12.2 Å². The molecule has 1 aromatic heterocycles. The Morgan fingerprint density at radius 2 is 1.90 bits per heavy atom. The second-order valence-corrected chi connectivity index (χ2v) is 8.87. The lowest BCUT2D eigenvalue weighted by Gasteiger charge is -2.21. The van der Waals surface area contributed by atoms with Gasteiger partial charge in [0.1, 0.15) is 0 Å². The lowest BCUT2D eigenvalue weighted by atomic mass is 10.0. The Labute approximate surface area is 191 Å². The van der Waals surface area contributed by atoms with Gasteiger partial charge in [-0.1, -0.05) is 81.9 Å². The van der Waals surface area contributed by atoms with E-state index >= 15 is 0 Å². The van der Waals surface area contributed by atoms with Crippen LogP contribution in [0.2, 0.25) is 0 Å². The average Bonchev–Trinajstić information content (AvgIpc) is 3.06. The SMILES string of the molecule is COC(=O)C1=C(C)N=c2sc(=Cc3cccc(Br)c3)c(=O)n2C1C=Cc1ccccc1. The quantitative estimate of drug-likeness (QED) is 0.517. The number of fused-ring (bicyclic) bond motifs is 1. The molecule has 0 saturated heterocycles. The minimum absolute atomic E-state index is 0.194. The van der Waals surface area contributed by atoms with E-state index in [1.165, 1.54) is 18.4 Å². The van der Waals surface area contributed by atoms with Gasteiger partial charge in [0.05, 0.1) is 29.0 Å². The van der Waals surface area contributed by atoms with E-state index in [2.05, 4.69) is 20.9 Å². The predicted molar refractivity (Wildman–Crippen MR) is 126 cm³/mol. The van der Waals surface area contributed by atoms with E-state index < -0.39 is 12.0 Å². The van der Waals surface area contributed by atoms with Crippen molar-refractivity contribution in [2.24, 2.45) is 4.99 Å². The fourth-order valence-electron chi connectivity index (χ4n) is 3.43. The zero-order chi connectivity index (χ0) is 22.0. The number of benzene rings is 2. The molecule has 1 unspecified atom stereocenters. The smallest absolute Gasteiger partial charge is 0.338 e. The van der Waals surface area contributed by atoms with Gasteiger partial charge in [-0.15, -0.1) is 0 Å². The van der Waals surface area contributed by atoms with Crippen molar-refractivity contribution < 1.29 is 9.53 Å². The van der Waals surface area contributed by atoms with Gasteiger partial charge >= 0.3 is 5.97 Å². The summed E-state index contributed by atoms with van der Waals surface area (Å²) in [6.07, 6.45) is 5.59. The number of hydrogen-bond acceptors (Lipinski definition) is 5. The highest BCUT2D eigenvalue weighted by Gasteiger charge is 2.30. The van der Waals surface area contributed by atoms with Crippen LogP contribution < -0.4 is 14.9 Å². The van der Waals surface area contributed by atoms with E-state index in [1.807, 2.05) is 72.8 Å². The van der Waals surface area contributed by atoms with Crippen molar-refractivity contribution in [3.05, 3.63) is 107 Å². The van der Waals surface area contributed by atoms with Gasteiger partial charge in [0, 0.05) is 4.47 Å². The Kier molecular flexibility index (Phi) is 6.15. The number of methoxy groups -OCH3 is 1. The molecule has 0 N–H and O–H groups in total. The molecule has 0 spiro atoms. The third kappa shape index (κ3) is 4.38. The van der Waals surface area contributed by atoms with E-state index in [1.54, 1.807) is 11.5 Å². The van der Waals surface area contributed by atoms with Crippen LogP contribution in [0.4, 0.5) is 0 Å². The number of thiazole rings is 1. The standard InChI is InChI=1S/C24H19BrN2O3S/c1-15-21(23(29)30-2)19(12-11-16-7-4-3-5-8-16)27-22(28)20(31-24(27)26-15)14-17-9-6-10-18(25)13-17/h3-14,19H,1-2H3. The maximum atomic E-state index is 13.3. The van der Waals surface area contributed by atoms with Gasteiger partial charge in [0.15, 0.2) is 4.80 Å². The molecule has 31 heavy (non-hydrogen) atoms. The number of nitrogens with zero attached hydrogens (tertiary/aromatic N) is 2. The number of aromatic nitrogens is 1. The van der Waals surface area contributed by atoms with E-state index in [9.17, 15) is 9.59 Å². The number of rotatable bonds is 4. The largest absolute Gasteiger partial charge is 0.466 e. The second-order valence-electron chi connectivity index (χ2n) is 6.94. The van der Waals surface area contributed by atoms with E-state index in [-0.39, 0.29) is 5.56 Å². The average molecular weight is 495 g/mol. The summed E-state index contributed by atoms with van der Waals surface area (Å²) in [4.78, 5) is 31.0. The molecule has 1 aliphatic rings. The topological polar surface area (TPSA) is 60.7 Å². The summed E-state index contributed by atoms with van der Waals surface area (Å²) in [5.41, 5.74) is 2.58. The lowest BCUT2D eigenvalue weighted by Crippen LogP contribution is -2.38. The van der Waals surface area contributed by atoms with Gasteiger partial charge in [-0.05, 0) is 36.3 Å². The van der Waals surface area contributed by atoms with Gasteiger partial charge in [0.25, 0.3) is 5.56 Å². The fraction of sp³-hybridized carbons (Fsp3) is 0.125. The van der Waals surface area contributed by atoms with Crippen LogP contribution in [-0.2, 0) is 9.53 Å². The van der Waals surface area contributed by atoms with Crippen LogP contribution in [-0.4, -0.2) is 17.6 Å². The first-order chi connectivity index (χ1) is 15.0. The molecule has 2 aromatic carbocycles. The highest BCUT2D eigenvalue weighted by Crippen LogP contribution is 2.26. The highest BCUT2D eigenvalue weighted by atomic mass is 79.9. The Hall–Kier alpha value is -3.03. The summed E-state index contributed by atoms with van der Waals surface area (Å²) in [5, 5.41) is 0. The summed E-state index contributed by atoms with van der Waals surface area (Å²) in [6.45, 7) is 1.76.